The van der Waals surface area contributed by atoms with Crippen LogP contribution in [-0.2, 0) is 44.4 Å². The topological polar surface area (TPSA) is 162 Å². The number of alkyl carbamates (subject to hydrolysis) is 1. The number of aliphatic hydroxyl groups is 3. The molecule has 10 nitrogen and oxygen atoms in total. The number of carbonyl (C=O) groups excluding carboxylic acids is 2. The molecule has 47 heavy (non-hydrogen) atoms. The number of carbonyl (C=O) groups is 2. The van der Waals surface area contributed by atoms with Gasteiger partial charge in [-0.05, 0) is 67.9 Å². The van der Waals surface area contributed by atoms with Crippen molar-refractivity contribution in [2.75, 3.05) is 12.4 Å². The number of hydrogen-bond donors (Lipinski definition) is 5. The monoisotopic (exact) mass is 666 g/mol. The van der Waals surface area contributed by atoms with Crippen LogP contribution in [-0.4, -0.2) is 71.9 Å². The van der Waals surface area contributed by atoms with Crippen LogP contribution in [0.4, 0.5) is 4.79 Å². The van der Waals surface area contributed by atoms with Gasteiger partial charge in [-0.15, -0.1) is 0 Å². The SMILES string of the molecule is CC(C)(C)OC(=O)NC(Cc1ccccc1)C(O)CC(Cc1ccc(CS(=O)(=O)CCO)cc1)C(=O)NC1c2ccccc2CC1O. The fraction of sp³-hybridized carbons (Fsp3) is 0.444. The van der Waals surface area contributed by atoms with Gasteiger partial charge in [-0.3, -0.25) is 4.79 Å². The van der Waals surface area contributed by atoms with Gasteiger partial charge in [0.25, 0.3) is 0 Å². The van der Waals surface area contributed by atoms with E-state index < -0.39 is 58.3 Å². The Morgan fingerprint density at radius 2 is 1.53 bits per heavy atom. The van der Waals surface area contributed by atoms with Crippen molar-refractivity contribution in [3.8, 4) is 0 Å². The molecule has 1 aliphatic carbocycles. The van der Waals surface area contributed by atoms with Crippen molar-refractivity contribution in [3.63, 3.8) is 0 Å². The van der Waals surface area contributed by atoms with Gasteiger partial charge < -0.3 is 30.7 Å². The Hall–Kier alpha value is -3.77. The van der Waals surface area contributed by atoms with Crippen LogP contribution in [0.2, 0.25) is 0 Å². The normalized spacial score (nSPS) is 18.1. The average Bonchev–Trinajstić information content (AvgIpc) is 3.31. The van der Waals surface area contributed by atoms with E-state index in [0.29, 0.717) is 18.4 Å². The fourth-order valence-electron chi connectivity index (χ4n) is 5.89. The van der Waals surface area contributed by atoms with Crippen LogP contribution >= 0.6 is 0 Å². The van der Waals surface area contributed by atoms with Gasteiger partial charge in [0, 0.05) is 12.3 Å². The minimum absolute atomic E-state index is 0.0176. The zero-order valence-electron chi connectivity index (χ0n) is 27.1. The highest BCUT2D eigenvalue weighted by atomic mass is 32.2. The van der Waals surface area contributed by atoms with E-state index in [1.54, 1.807) is 45.0 Å². The number of aliphatic hydroxyl groups excluding tert-OH is 3. The summed E-state index contributed by atoms with van der Waals surface area (Å²) in [5.41, 5.74) is 3.22. The molecule has 0 fully saturated rings. The second-order valence-electron chi connectivity index (χ2n) is 13.2. The maximum absolute atomic E-state index is 14.0. The summed E-state index contributed by atoms with van der Waals surface area (Å²) in [5.74, 6) is -1.68. The molecular weight excluding hydrogens is 620 g/mol. The van der Waals surface area contributed by atoms with Gasteiger partial charge in [0.1, 0.15) is 5.60 Å². The standard InChI is InChI=1S/C36H46N2O8S/c1-36(2,3)46-35(43)37-30(20-24-9-5-4-6-10-24)31(40)22-28(19-25-13-15-26(16-14-25)23-47(44,45)18-17-39)34(42)38-33-29-12-8-7-11-27(29)21-32(33)41/h4-16,28,30-33,39-41H,17-23H2,1-3H3,(H,37,43)(H,38,42). The summed E-state index contributed by atoms with van der Waals surface area (Å²) in [6.07, 6.45) is -1.74. The molecule has 0 spiro atoms. The third kappa shape index (κ3) is 10.9. The third-order valence-corrected chi connectivity index (χ3v) is 9.74. The highest BCUT2D eigenvalue weighted by Gasteiger charge is 2.35. The number of hydrogen-bond acceptors (Lipinski definition) is 8. The minimum atomic E-state index is -3.47. The van der Waals surface area contributed by atoms with E-state index in [4.69, 9.17) is 9.84 Å². The average molecular weight is 667 g/mol. The number of sulfone groups is 1. The summed E-state index contributed by atoms with van der Waals surface area (Å²) >= 11 is 0. The van der Waals surface area contributed by atoms with Crippen LogP contribution < -0.4 is 10.6 Å². The second-order valence-corrected chi connectivity index (χ2v) is 15.4. The smallest absolute Gasteiger partial charge is 0.407 e. The van der Waals surface area contributed by atoms with Gasteiger partial charge in [0.05, 0.1) is 42.4 Å². The predicted molar refractivity (Wildman–Crippen MR) is 179 cm³/mol. The van der Waals surface area contributed by atoms with Gasteiger partial charge >= 0.3 is 6.09 Å². The Morgan fingerprint density at radius 3 is 2.19 bits per heavy atom. The summed E-state index contributed by atoms with van der Waals surface area (Å²) in [7, 11) is -3.47. The zero-order chi connectivity index (χ0) is 34.2. The van der Waals surface area contributed by atoms with E-state index >= 15 is 0 Å². The fourth-order valence-corrected chi connectivity index (χ4v) is 7.01. The maximum atomic E-state index is 14.0. The molecule has 0 bridgehead atoms. The molecule has 5 N–H and O–H groups in total. The second kappa shape index (κ2) is 15.9. The molecule has 3 aromatic rings. The molecule has 0 radical (unpaired) electrons. The molecule has 0 aliphatic heterocycles. The van der Waals surface area contributed by atoms with Crippen LogP contribution in [0.1, 0.15) is 61.1 Å². The molecule has 11 heteroatoms. The van der Waals surface area contributed by atoms with Crippen LogP contribution in [0.3, 0.4) is 0 Å². The largest absolute Gasteiger partial charge is 0.444 e. The summed E-state index contributed by atoms with van der Waals surface area (Å²) < 4.78 is 29.9. The van der Waals surface area contributed by atoms with Gasteiger partial charge in [-0.1, -0.05) is 78.9 Å². The summed E-state index contributed by atoms with van der Waals surface area (Å²) in [4.78, 5) is 26.8. The lowest BCUT2D eigenvalue weighted by atomic mass is 9.88. The first-order valence-corrected chi connectivity index (χ1v) is 17.7. The van der Waals surface area contributed by atoms with Crippen molar-refractivity contribution < 1.29 is 38.1 Å². The molecule has 3 aromatic carbocycles. The molecule has 0 saturated heterocycles. The van der Waals surface area contributed by atoms with Gasteiger partial charge in [-0.2, -0.15) is 0 Å². The van der Waals surface area contributed by atoms with E-state index in [2.05, 4.69) is 10.6 Å². The van der Waals surface area contributed by atoms with E-state index in [1.807, 2.05) is 54.6 Å². The zero-order valence-corrected chi connectivity index (χ0v) is 27.9. The number of fused-ring (bicyclic) bond motifs is 1. The van der Waals surface area contributed by atoms with Crippen molar-refractivity contribution in [1.29, 1.82) is 0 Å². The summed E-state index contributed by atoms with van der Waals surface area (Å²) in [6, 6.07) is 22.4. The lowest BCUT2D eigenvalue weighted by molar-refractivity contribution is -0.127. The van der Waals surface area contributed by atoms with E-state index in [-0.39, 0.29) is 30.3 Å². The number of rotatable bonds is 14. The molecule has 4 rings (SSSR count). The molecule has 1 aliphatic rings. The van der Waals surface area contributed by atoms with Gasteiger partial charge in [-0.25, -0.2) is 13.2 Å². The van der Waals surface area contributed by atoms with Gasteiger partial charge in [0.2, 0.25) is 5.91 Å². The van der Waals surface area contributed by atoms with Crippen LogP contribution in [0.15, 0.2) is 78.9 Å². The highest BCUT2D eigenvalue weighted by molar-refractivity contribution is 7.90. The summed E-state index contributed by atoms with van der Waals surface area (Å²) in [5, 5.41) is 37.3. The van der Waals surface area contributed by atoms with E-state index in [1.165, 1.54) is 0 Å². The first-order chi connectivity index (χ1) is 22.2. The van der Waals surface area contributed by atoms with Gasteiger partial charge in [0.15, 0.2) is 9.84 Å². The summed E-state index contributed by atoms with van der Waals surface area (Å²) in [6.45, 7) is 4.79. The van der Waals surface area contributed by atoms with Crippen molar-refractivity contribution in [2.45, 2.75) is 82.1 Å². The molecule has 5 unspecified atom stereocenters. The Morgan fingerprint density at radius 1 is 0.915 bits per heavy atom. The van der Waals surface area contributed by atoms with Crippen LogP contribution in [0, 0.1) is 5.92 Å². The predicted octanol–water partition coefficient (Wildman–Crippen LogP) is 3.41. The van der Waals surface area contributed by atoms with Crippen LogP contribution in [0.5, 0.6) is 0 Å². The van der Waals surface area contributed by atoms with Crippen molar-refractivity contribution >= 4 is 21.8 Å². The van der Waals surface area contributed by atoms with E-state index in [9.17, 15) is 28.2 Å². The van der Waals surface area contributed by atoms with Crippen molar-refractivity contribution in [1.82, 2.24) is 10.6 Å². The number of ether oxygens (including phenoxy) is 1. The Bertz CT molecular complexity index is 1590. The lowest BCUT2D eigenvalue weighted by Crippen LogP contribution is -2.48. The number of amides is 2. The molecular formula is C36H46N2O8S. The Labute approximate surface area is 277 Å². The molecule has 0 aromatic heterocycles. The third-order valence-electron chi connectivity index (χ3n) is 8.16. The Kier molecular flexibility index (Phi) is 12.2. The molecule has 2 amide bonds. The van der Waals surface area contributed by atoms with Crippen LogP contribution in [0.25, 0.3) is 0 Å². The lowest BCUT2D eigenvalue weighted by Gasteiger charge is -2.30. The quantitative estimate of drug-likeness (QED) is 0.175. The minimum Gasteiger partial charge on any atom is -0.444 e. The number of benzene rings is 3. The first kappa shape index (κ1) is 36.1. The molecule has 0 saturated carbocycles. The highest BCUT2D eigenvalue weighted by Crippen LogP contribution is 2.32. The first-order valence-electron chi connectivity index (χ1n) is 15.9. The molecule has 254 valence electrons. The van der Waals surface area contributed by atoms with Crippen molar-refractivity contribution in [2.24, 2.45) is 5.92 Å². The molecule has 0 heterocycles. The van der Waals surface area contributed by atoms with E-state index in [0.717, 1.165) is 22.3 Å². The Balaban J connectivity index is 1.58. The maximum Gasteiger partial charge on any atom is 0.407 e. The number of nitrogens with one attached hydrogen (secondary N) is 2. The van der Waals surface area contributed by atoms with Crippen molar-refractivity contribution in [3.05, 3.63) is 107 Å². The molecule has 5 atom stereocenters.